The Morgan fingerprint density at radius 1 is 1.38 bits per heavy atom. The lowest BCUT2D eigenvalue weighted by molar-refractivity contribution is -0.129. The van der Waals surface area contributed by atoms with Crippen molar-refractivity contribution in [3.05, 3.63) is 0 Å². The molecule has 0 saturated heterocycles. The summed E-state index contributed by atoms with van der Waals surface area (Å²) in [5.41, 5.74) is 5.39. The van der Waals surface area contributed by atoms with Crippen LogP contribution in [0.1, 0.15) is 32.6 Å². The quantitative estimate of drug-likeness (QED) is 0.634. The van der Waals surface area contributed by atoms with Crippen LogP contribution in [0.4, 0.5) is 0 Å². The fourth-order valence-corrected chi connectivity index (χ4v) is 1.22. The number of hydrogen-bond acceptors (Lipinski definition) is 2. The van der Waals surface area contributed by atoms with Crippen LogP contribution < -0.4 is 5.73 Å². The van der Waals surface area contributed by atoms with Gasteiger partial charge in [0.25, 0.3) is 0 Å². The Morgan fingerprint density at radius 2 is 2.00 bits per heavy atom. The Bertz CT molecular complexity index is 146. The van der Waals surface area contributed by atoms with Gasteiger partial charge in [-0.1, -0.05) is 19.8 Å². The maximum atomic E-state index is 11.3. The van der Waals surface area contributed by atoms with Crippen LogP contribution in [0.25, 0.3) is 0 Å². The predicted molar refractivity (Wildman–Crippen MR) is 55.4 cm³/mol. The van der Waals surface area contributed by atoms with Gasteiger partial charge >= 0.3 is 0 Å². The minimum atomic E-state index is 0.222. The van der Waals surface area contributed by atoms with E-state index in [4.69, 9.17) is 5.73 Å². The van der Waals surface area contributed by atoms with Crippen molar-refractivity contribution in [1.29, 1.82) is 0 Å². The molecule has 13 heavy (non-hydrogen) atoms. The molecule has 0 aliphatic heterocycles. The number of amides is 1. The first-order valence-corrected chi connectivity index (χ1v) is 4.98. The fraction of sp³-hybridized carbons (Fsp3) is 0.900. The third-order valence-electron chi connectivity index (χ3n) is 2.17. The lowest BCUT2D eigenvalue weighted by Gasteiger charge is -2.14. The van der Waals surface area contributed by atoms with E-state index in [1.807, 2.05) is 0 Å². The van der Waals surface area contributed by atoms with Gasteiger partial charge in [0.05, 0.1) is 0 Å². The second-order valence-corrected chi connectivity index (χ2v) is 3.88. The van der Waals surface area contributed by atoms with Gasteiger partial charge in [-0.15, -0.1) is 0 Å². The second kappa shape index (κ2) is 6.89. The van der Waals surface area contributed by atoms with Gasteiger partial charge in [-0.2, -0.15) is 0 Å². The molecule has 0 aromatic carbocycles. The first kappa shape index (κ1) is 12.4. The number of rotatable bonds is 6. The van der Waals surface area contributed by atoms with E-state index in [0.29, 0.717) is 12.3 Å². The molecule has 0 spiro atoms. The van der Waals surface area contributed by atoms with Crippen LogP contribution in [0, 0.1) is 5.92 Å². The summed E-state index contributed by atoms with van der Waals surface area (Å²) in [5.74, 6) is 0.710. The van der Waals surface area contributed by atoms with Gasteiger partial charge in [0.15, 0.2) is 0 Å². The topological polar surface area (TPSA) is 46.3 Å². The number of unbranched alkanes of at least 4 members (excludes halogenated alkanes) is 1. The SMILES string of the molecule is CC(CCCCN)CC(=O)N(C)C. The van der Waals surface area contributed by atoms with Crippen LogP contribution in [-0.4, -0.2) is 31.4 Å². The zero-order valence-electron chi connectivity index (χ0n) is 9.05. The normalized spacial score (nSPS) is 12.6. The zero-order valence-corrected chi connectivity index (χ0v) is 9.05. The van der Waals surface area contributed by atoms with Crippen molar-refractivity contribution in [1.82, 2.24) is 4.90 Å². The standard InChI is InChI=1S/C10H22N2O/c1-9(6-4-5-7-11)8-10(13)12(2)3/h9H,4-8,11H2,1-3H3. The third kappa shape index (κ3) is 6.58. The molecule has 2 N–H and O–H groups in total. The number of nitrogens with zero attached hydrogens (tertiary/aromatic N) is 1. The fourth-order valence-electron chi connectivity index (χ4n) is 1.22. The third-order valence-corrected chi connectivity index (χ3v) is 2.17. The molecule has 0 heterocycles. The van der Waals surface area contributed by atoms with Crippen molar-refractivity contribution < 1.29 is 4.79 Å². The minimum Gasteiger partial charge on any atom is -0.349 e. The average Bonchev–Trinajstić information content (AvgIpc) is 2.04. The summed E-state index contributed by atoms with van der Waals surface area (Å²) in [6.45, 7) is 2.88. The maximum absolute atomic E-state index is 11.3. The van der Waals surface area contributed by atoms with Crippen molar-refractivity contribution in [2.45, 2.75) is 32.6 Å². The van der Waals surface area contributed by atoms with Crippen molar-refractivity contribution in [3.63, 3.8) is 0 Å². The number of carbonyl (C=O) groups excluding carboxylic acids is 1. The van der Waals surface area contributed by atoms with Gasteiger partial charge in [0, 0.05) is 20.5 Å². The maximum Gasteiger partial charge on any atom is 0.222 e. The van der Waals surface area contributed by atoms with Crippen molar-refractivity contribution in [2.24, 2.45) is 11.7 Å². The van der Waals surface area contributed by atoms with E-state index < -0.39 is 0 Å². The van der Waals surface area contributed by atoms with E-state index in [0.717, 1.165) is 25.8 Å². The monoisotopic (exact) mass is 186 g/mol. The molecule has 1 unspecified atom stereocenters. The summed E-state index contributed by atoms with van der Waals surface area (Å²) in [7, 11) is 3.60. The highest BCUT2D eigenvalue weighted by atomic mass is 16.2. The number of hydrogen-bond donors (Lipinski definition) is 1. The second-order valence-electron chi connectivity index (χ2n) is 3.88. The van der Waals surface area contributed by atoms with Gasteiger partial charge in [0.2, 0.25) is 5.91 Å². The summed E-state index contributed by atoms with van der Waals surface area (Å²) in [6.07, 6.45) is 3.98. The van der Waals surface area contributed by atoms with E-state index in [9.17, 15) is 4.79 Å². The van der Waals surface area contributed by atoms with E-state index >= 15 is 0 Å². The molecule has 0 aliphatic carbocycles. The van der Waals surface area contributed by atoms with Gasteiger partial charge in [0.1, 0.15) is 0 Å². The van der Waals surface area contributed by atoms with Crippen LogP contribution in [0.3, 0.4) is 0 Å². The van der Waals surface area contributed by atoms with Crippen LogP contribution in [0.2, 0.25) is 0 Å². The molecule has 3 nitrogen and oxygen atoms in total. The molecule has 0 saturated carbocycles. The lowest BCUT2D eigenvalue weighted by Crippen LogP contribution is -2.23. The summed E-state index contributed by atoms with van der Waals surface area (Å²) < 4.78 is 0. The molecule has 0 aliphatic rings. The predicted octanol–water partition coefficient (Wildman–Crippen LogP) is 1.23. The summed E-state index contributed by atoms with van der Waals surface area (Å²) in [5, 5.41) is 0. The van der Waals surface area contributed by atoms with Crippen LogP contribution in [-0.2, 0) is 4.79 Å². The van der Waals surface area contributed by atoms with Crippen LogP contribution >= 0.6 is 0 Å². The molecule has 0 bridgehead atoms. The average molecular weight is 186 g/mol. The van der Waals surface area contributed by atoms with Gasteiger partial charge < -0.3 is 10.6 Å². The molecular weight excluding hydrogens is 164 g/mol. The molecule has 1 amide bonds. The van der Waals surface area contributed by atoms with Crippen molar-refractivity contribution in [2.75, 3.05) is 20.6 Å². The highest BCUT2D eigenvalue weighted by Gasteiger charge is 2.09. The molecular formula is C10H22N2O. The molecule has 0 aromatic heterocycles. The van der Waals surface area contributed by atoms with E-state index in [1.165, 1.54) is 0 Å². The van der Waals surface area contributed by atoms with Gasteiger partial charge in [-0.3, -0.25) is 4.79 Å². The molecule has 3 heteroatoms. The molecule has 0 aromatic rings. The highest BCUT2D eigenvalue weighted by molar-refractivity contribution is 5.75. The molecule has 1 atom stereocenters. The van der Waals surface area contributed by atoms with E-state index in [1.54, 1.807) is 19.0 Å². The van der Waals surface area contributed by atoms with Crippen LogP contribution in [0.15, 0.2) is 0 Å². The first-order chi connectivity index (χ1) is 6.07. The van der Waals surface area contributed by atoms with Crippen molar-refractivity contribution in [3.8, 4) is 0 Å². The largest absolute Gasteiger partial charge is 0.349 e. The Morgan fingerprint density at radius 3 is 2.46 bits per heavy atom. The molecule has 0 radical (unpaired) electrons. The summed E-state index contributed by atoms with van der Waals surface area (Å²) in [4.78, 5) is 12.9. The molecule has 78 valence electrons. The minimum absolute atomic E-state index is 0.222. The molecule has 0 fully saturated rings. The highest BCUT2D eigenvalue weighted by Crippen LogP contribution is 2.12. The van der Waals surface area contributed by atoms with Crippen molar-refractivity contribution >= 4 is 5.91 Å². The Labute approximate surface area is 81.3 Å². The Balaban J connectivity index is 3.50. The number of carbonyl (C=O) groups is 1. The van der Waals surface area contributed by atoms with Gasteiger partial charge in [-0.05, 0) is 18.9 Å². The van der Waals surface area contributed by atoms with Gasteiger partial charge in [-0.25, -0.2) is 0 Å². The first-order valence-electron chi connectivity index (χ1n) is 4.98. The molecule has 0 rings (SSSR count). The number of nitrogens with two attached hydrogens (primary N) is 1. The summed E-state index contributed by atoms with van der Waals surface area (Å²) >= 11 is 0. The smallest absolute Gasteiger partial charge is 0.222 e. The van der Waals surface area contributed by atoms with Crippen LogP contribution in [0.5, 0.6) is 0 Å². The van der Waals surface area contributed by atoms with E-state index in [-0.39, 0.29) is 5.91 Å². The lowest BCUT2D eigenvalue weighted by atomic mass is 10.00. The Kier molecular flexibility index (Phi) is 6.59. The zero-order chi connectivity index (χ0) is 10.3. The Hall–Kier alpha value is -0.570. The van der Waals surface area contributed by atoms with E-state index in [2.05, 4.69) is 6.92 Å². The summed E-state index contributed by atoms with van der Waals surface area (Å²) in [6, 6.07) is 0.